The Morgan fingerprint density at radius 2 is 1.92 bits per heavy atom. The van der Waals surface area contributed by atoms with Gasteiger partial charge >= 0.3 is 5.69 Å². The molecule has 180 valence electrons. The van der Waals surface area contributed by atoms with Gasteiger partial charge in [0.25, 0.3) is 0 Å². The molecule has 0 spiro atoms. The summed E-state index contributed by atoms with van der Waals surface area (Å²) in [7, 11) is 1.84. The smallest absolute Gasteiger partial charge is 0.334 e. The molecule has 0 amide bonds. The summed E-state index contributed by atoms with van der Waals surface area (Å²) in [6.07, 6.45) is 9.95. The molecule has 4 heterocycles. The number of pyridine rings is 1. The van der Waals surface area contributed by atoms with Crippen molar-refractivity contribution in [2.45, 2.75) is 32.7 Å². The van der Waals surface area contributed by atoms with Crippen LogP contribution in [0, 0.1) is 11.3 Å². The minimum Gasteiger partial charge on any atom is -0.336 e. The molecule has 0 aliphatic carbocycles. The zero-order valence-corrected chi connectivity index (χ0v) is 20.1. The molecular weight excluding hydrogens is 454 g/mol. The van der Waals surface area contributed by atoms with Crippen molar-refractivity contribution >= 4 is 0 Å². The Balaban J connectivity index is 1.55. The van der Waals surface area contributed by atoms with E-state index in [-0.39, 0.29) is 5.69 Å². The maximum atomic E-state index is 13.7. The largest absolute Gasteiger partial charge is 0.336 e. The summed E-state index contributed by atoms with van der Waals surface area (Å²) >= 11 is 0. The Bertz CT molecular complexity index is 1580. The fraction of sp³-hybridized carbons (Fsp3) is 0.231. The highest BCUT2D eigenvalue weighted by Crippen LogP contribution is 2.26. The Kier molecular flexibility index (Phi) is 6.28. The van der Waals surface area contributed by atoms with Crippen molar-refractivity contribution < 1.29 is 0 Å². The van der Waals surface area contributed by atoms with Gasteiger partial charge in [0.15, 0.2) is 0 Å². The number of aromatic amines is 1. The second-order valence-electron chi connectivity index (χ2n) is 8.58. The molecule has 4 aromatic heterocycles. The van der Waals surface area contributed by atoms with E-state index in [0.29, 0.717) is 23.8 Å². The lowest BCUT2D eigenvalue weighted by Crippen LogP contribution is -2.26. The maximum absolute atomic E-state index is 13.7. The SMILES string of the molecule is CCCCc1cn(-c2c(C#N)ccn2C)c(=O)n1Cc1cnccc1-c1ccc(-c2nn[nH]n2)cc1. The van der Waals surface area contributed by atoms with Gasteiger partial charge in [0.1, 0.15) is 11.9 Å². The van der Waals surface area contributed by atoms with E-state index in [1.165, 1.54) is 0 Å². The lowest BCUT2D eigenvalue weighted by Gasteiger charge is -2.12. The summed E-state index contributed by atoms with van der Waals surface area (Å²) in [6, 6.07) is 13.8. The van der Waals surface area contributed by atoms with Gasteiger partial charge < -0.3 is 4.57 Å². The molecule has 0 aliphatic heterocycles. The first-order valence-corrected chi connectivity index (χ1v) is 11.7. The van der Waals surface area contributed by atoms with Crippen LogP contribution in [-0.4, -0.2) is 39.3 Å². The van der Waals surface area contributed by atoms with Crippen LogP contribution in [-0.2, 0) is 20.0 Å². The molecular formula is C26H25N9O. The van der Waals surface area contributed by atoms with E-state index in [9.17, 15) is 10.1 Å². The number of hydrogen-bond acceptors (Lipinski definition) is 6. The summed E-state index contributed by atoms with van der Waals surface area (Å²) < 4.78 is 5.17. The summed E-state index contributed by atoms with van der Waals surface area (Å²) in [5.74, 6) is 1.10. The summed E-state index contributed by atoms with van der Waals surface area (Å²) in [6.45, 7) is 2.49. The molecule has 0 saturated heterocycles. The lowest BCUT2D eigenvalue weighted by molar-refractivity contribution is 0.670. The van der Waals surface area contributed by atoms with Gasteiger partial charge in [-0.2, -0.15) is 10.5 Å². The molecule has 5 aromatic rings. The molecule has 10 heteroatoms. The number of aromatic nitrogens is 8. The molecule has 5 rings (SSSR count). The first-order chi connectivity index (χ1) is 17.6. The van der Waals surface area contributed by atoms with Crippen molar-refractivity contribution in [3.8, 4) is 34.4 Å². The number of nitrogens with one attached hydrogen (secondary N) is 1. The quantitative estimate of drug-likeness (QED) is 0.363. The number of benzene rings is 1. The summed E-state index contributed by atoms with van der Waals surface area (Å²) in [4.78, 5) is 18.0. The number of nitrogens with zero attached hydrogens (tertiary/aromatic N) is 8. The highest BCUT2D eigenvalue weighted by molar-refractivity contribution is 5.70. The Hall–Kier alpha value is -4.78. The third-order valence-electron chi connectivity index (χ3n) is 6.27. The second-order valence-corrected chi connectivity index (χ2v) is 8.58. The van der Waals surface area contributed by atoms with Gasteiger partial charge in [-0.25, -0.2) is 4.79 Å². The molecule has 0 bridgehead atoms. The normalized spacial score (nSPS) is 11.0. The third kappa shape index (κ3) is 4.22. The number of imidazole rings is 1. The molecule has 1 N–H and O–H groups in total. The fourth-order valence-corrected chi connectivity index (χ4v) is 4.40. The average molecular weight is 480 g/mol. The van der Waals surface area contributed by atoms with Gasteiger partial charge in [0, 0.05) is 43.1 Å². The fourth-order valence-electron chi connectivity index (χ4n) is 4.40. The van der Waals surface area contributed by atoms with Crippen molar-refractivity contribution in [1.82, 2.24) is 39.3 Å². The van der Waals surface area contributed by atoms with Gasteiger partial charge in [0.2, 0.25) is 5.82 Å². The van der Waals surface area contributed by atoms with Crippen molar-refractivity contribution in [3.63, 3.8) is 0 Å². The number of hydrogen-bond donors (Lipinski definition) is 1. The zero-order valence-electron chi connectivity index (χ0n) is 20.1. The van der Waals surface area contributed by atoms with E-state index in [1.54, 1.807) is 38.4 Å². The van der Waals surface area contributed by atoms with Crippen LogP contribution in [0.4, 0.5) is 0 Å². The second kappa shape index (κ2) is 9.84. The van der Waals surface area contributed by atoms with Gasteiger partial charge in [-0.05, 0) is 46.9 Å². The van der Waals surface area contributed by atoms with Gasteiger partial charge in [-0.3, -0.25) is 14.1 Å². The molecule has 10 nitrogen and oxygen atoms in total. The zero-order chi connectivity index (χ0) is 25.1. The van der Waals surface area contributed by atoms with Crippen molar-refractivity contribution in [2.75, 3.05) is 0 Å². The minimum atomic E-state index is -0.179. The van der Waals surface area contributed by atoms with E-state index >= 15 is 0 Å². The highest BCUT2D eigenvalue weighted by atomic mass is 16.1. The Morgan fingerprint density at radius 3 is 2.64 bits per heavy atom. The first-order valence-electron chi connectivity index (χ1n) is 11.7. The number of rotatable bonds is 8. The highest BCUT2D eigenvalue weighted by Gasteiger charge is 2.19. The number of aryl methyl sites for hydroxylation is 2. The van der Waals surface area contributed by atoms with E-state index in [4.69, 9.17) is 0 Å². The van der Waals surface area contributed by atoms with Crippen LogP contribution in [0.2, 0.25) is 0 Å². The lowest BCUT2D eigenvalue weighted by atomic mass is 10.00. The molecule has 1 aromatic carbocycles. The number of tetrazole rings is 1. The van der Waals surface area contributed by atoms with Crippen molar-refractivity contribution in [2.24, 2.45) is 7.05 Å². The molecule has 0 fully saturated rings. The molecule has 0 radical (unpaired) electrons. The Labute approximate surface area is 207 Å². The van der Waals surface area contributed by atoms with Gasteiger partial charge in [-0.15, -0.1) is 10.2 Å². The van der Waals surface area contributed by atoms with E-state index in [2.05, 4.69) is 38.6 Å². The van der Waals surface area contributed by atoms with Crippen LogP contribution in [0.15, 0.2) is 66.0 Å². The first kappa shape index (κ1) is 23.0. The standard InChI is InChI=1S/C26H25N9O/c1-3-4-5-22-17-35(25-20(14-27)11-13-33(25)2)26(36)34(22)16-21-15-28-12-10-23(21)18-6-8-19(9-7-18)24-29-31-32-30-24/h6-13,15,17H,3-5,16H2,1-2H3,(H,29,30,31,32). The molecule has 36 heavy (non-hydrogen) atoms. The minimum absolute atomic E-state index is 0.179. The average Bonchev–Trinajstić information content (AvgIpc) is 3.64. The monoisotopic (exact) mass is 479 g/mol. The maximum Gasteiger partial charge on any atom is 0.334 e. The third-order valence-corrected chi connectivity index (χ3v) is 6.27. The summed E-state index contributed by atoms with van der Waals surface area (Å²) in [5.41, 5.74) is 4.97. The van der Waals surface area contributed by atoms with Gasteiger partial charge in [-0.1, -0.05) is 37.6 Å². The summed E-state index contributed by atoms with van der Waals surface area (Å²) in [5, 5.41) is 23.7. The predicted octanol–water partition coefficient (Wildman–Crippen LogP) is 3.48. The van der Waals surface area contributed by atoms with Crippen LogP contribution in [0.25, 0.3) is 28.3 Å². The van der Waals surface area contributed by atoms with E-state index in [1.807, 2.05) is 43.6 Å². The van der Waals surface area contributed by atoms with Crippen molar-refractivity contribution in [1.29, 1.82) is 5.26 Å². The van der Waals surface area contributed by atoms with Crippen LogP contribution >= 0.6 is 0 Å². The molecule has 0 unspecified atom stereocenters. The van der Waals surface area contributed by atoms with Crippen molar-refractivity contribution in [3.05, 3.63) is 88.5 Å². The van der Waals surface area contributed by atoms with Gasteiger partial charge in [0.05, 0.1) is 12.1 Å². The Morgan fingerprint density at radius 1 is 1.11 bits per heavy atom. The van der Waals surface area contributed by atoms with Crippen LogP contribution in [0.3, 0.4) is 0 Å². The number of nitriles is 1. The van der Waals surface area contributed by atoms with E-state index < -0.39 is 0 Å². The number of unbranched alkanes of at least 4 members (excludes halogenated alkanes) is 1. The number of H-pyrrole nitrogens is 1. The molecule has 0 aliphatic rings. The predicted molar refractivity (Wildman–Crippen MR) is 134 cm³/mol. The van der Waals surface area contributed by atoms with Crippen LogP contribution < -0.4 is 5.69 Å². The topological polar surface area (TPSA) is 123 Å². The molecule has 0 saturated carbocycles. The molecule has 0 atom stereocenters. The van der Waals surface area contributed by atoms with Crippen LogP contribution in [0.5, 0.6) is 0 Å². The van der Waals surface area contributed by atoms with E-state index in [0.717, 1.165) is 47.2 Å². The van der Waals surface area contributed by atoms with Crippen LogP contribution in [0.1, 0.15) is 36.6 Å².